The molecule has 0 fully saturated rings. The maximum absolute atomic E-state index is 5.09. The molecule has 0 aliphatic carbocycles. The van der Waals surface area contributed by atoms with E-state index in [9.17, 15) is 0 Å². The lowest BCUT2D eigenvalue weighted by Crippen LogP contribution is -1.95. The van der Waals surface area contributed by atoms with Crippen LogP contribution in [0.3, 0.4) is 0 Å². The highest BCUT2D eigenvalue weighted by atomic mass is 32.1. The fraction of sp³-hybridized carbons (Fsp3) is 0.276. The minimum atomic E-state index is 0.946. The van der Waals surface area contributed by atoms with Crippen LogP contribution in [0.15, 0.2) is 146 Å². The summed E-state index contributed by atoms with van der Waals surface area (Å²) in [7, 11) is 0. The Kier molecular flexibility index (Phi) is 14.0. The fourth-order valence-electron chi connectivity index (χ4n) is 8.86. The minimum absolute atomic E-state index is 0.946. The van der Waals surface area contributed by atoms with Crippen molar-refractivity contribution >= 4 is 22.8 Å². The van der Waals surface area contributed by atoms with Gasteiger partial charge in [0.25, 0.3) is 0 Å². The lowest BCUT2D eigenvalue weighted by molar-refractivity contribution is 0.795. The molecule has 0 aliphatic rings. The molecule has 8 aromatic rings. The van der Waals surface area contributed by atoms with Gasteiger partial charge in [-0.15, -0.1) is 0 Å². The molecular weight excluding hydrogens is 757 g/mol. The summed E-state index contributed by atoms with van der Waals surface area (Å²) in [5.41, 5.74) is 21.9. The highest BCUT2D eigenvalue weighted by Gasteiger charge is 2.22. The SMILES string of the molecule is CCCCc1ccc(-c2cccc(-c3ccc(-c4cccc(-c5ccc(CCCC)cc5)c4-c4ccc(CCCC)cc4)c4nsnc34)c2-c2ccc(CCCC)cc2)cc1. The maximum Gasteiger partial charge on any atom is 0.113 e. The van der Waals surface area contributed by atoms with Gasteiger partial charge >= 0.3 is 0 Å². The van der Waals surface area contributed by atoms with Gasteiger partial charge in [-0.05, 0) is 129 Å². The molecule has 3 heteroatoms. The molecule has 0 spiro atoms. The predicted molar refractivity (Wildman–Crippen MR) is 264 cm³/mol. The van der Waals surface area contributed by atoms with Crippen molar-refractivity contribution in [1.82, 2.24) is 8.75 Å². The van der Waals surface area contributed by atoms with Gasteiger partial charge < -0.3 is 0 Å². The van der Waals surface area contributed by atoms with Gasteiger partial charge in [0, 0.05) is 11.1 Å². The third kappa shape index (κ3) is 9.48. The normalized spacial score (nSPS) is 11.4. The maximum atomic E-state index is 5.09. The Bertz CT molecular complexity index is 2470. The van der Waals surface area contributed by atoms with Crippen molar-refractivity contribution < 1.29 is 0 Å². The van der Waals surface area contributed by atoms with Crippen molar-refractivity contribution in [3.63, 3.8) is 0 Å². The van der Waals surface area contributed by atoms with Gasteiger partial charge in [0.15, 0.2) is 0 Å². The van der Waals surface area contributed by atoms with Crippen LogP contribution in [0.2, 0.25) is 0 Å². The molecule has 308 valence electrons. The number of benzene rings is 7. The molecular formula is C58H60N2S. The third-order valence-electron chi connectivity index (χ3n) is 12.4. The summed E-state index contributed by atoms with van der Waals surface area (Å²) in [5.74, 6) is 0. The number of aromatic nitrogens is 2. The zero-order valence-electron chi connectivity index (χ0n) is 36.6. The zero-order valence-corrected chi connectivity index (χ0v) is 37.5. The van der Waals surface area contributed by atoms with Crippen LogP contribution in [0.25, 0.3) is 77.8 Å². The first-order chi connectivity index (χ1) is 30.1. The van der Waals surface area contributed by atoms with Crippen LogP contribution in [0.5, 0.6) is 0 Å². The smallest absolute Gasteiger partial charge is 0.113 e. The van der Waals surface area contributed by atoms with Gasteiger partial charge in [-0.1, -0.05) is 199 Å². The summed E-state index contributed by atoms with van der Waals surface area (Å²) in [6.07, 6.45) is 14.1. The summed E-state index contributed by atoms with van der Waals surface area (Å²) in [5, 5.41) is 0. The monoisotopic (exact) mass is 816 g/mol. The van der Waals surface area contributed by atoms with E-state index in [2.05, 4.69) is 173 Å². The lowest BCUT2D eigenvalue weighted by Gasteiger charge is -2.19. The molecule has 1 aromatic heterocycles. The Hall–Kier alpha value is -5.64. The van der Waals surface area contributed by atoms with Crippen LogP contribution >= 0.6 is 11.7 Å². The van der Waals surface area contributed by atoms with Crippen LogP contribution in [0, 0.1) is 0 Å². The topological polar surface area (TPSA) is 25.8 Å². The number of aryl methyl sites for hydroxylation is 4. The molecule has 0 aliphatic heterocycles. The van der Waals surface area contributed by atoms with E-state index >= 15 is 0 Å². The van der Waals surface area contributed by atoms with E-state index in [0.29, 0.717) is 0 Å². The standard InChI is InChI=1S/C58H60N2S/c1-5-9-15-41-23-31-45(32-24-41)49-19-13-21-51(55(49)47-35-27-43(28-36-47)17-11-7-3)53-39-40-54(58-57(53)59-61-60-58)52-22-14-20-50(46-33-25-42(26-34-46)16-10-6-2)56(52)48-37-29-44(30-38-48)18-12-8-4/h13-14,19-40H,5-12,15-18H2,1-4H3. The van der Waals surface area contributed by atoms with Crippen molar-refractivity contribution in [1.29, 1.82) is 0 Å². The first kappa shape index (κ1) is 42.1. The summed E-state index contributed by atoms with van der Waals surface area (Å²) >= 11 is 1.31. The third-order valence-corrected chi connectivity index (χ3v) is 12.9. The molecule has 2 nitrogen and oxygen atoms in total. The quantitative estimate of drug-likeness (QED) is 0.0862. The van der Waals surface area contributed by atoms with Crippen molar-refractivity contribution in [2.75, 3.05) is 0 Å². The van der Waals surface area contributed by atoms with Crippen molar-refractivity contribution in [2.24, 2.45) is 0 Å². The van der Waals surface area contributed by atoms with Crippen LogP contribution in [-0.4, -0.2) is 8.75 Å². The highest BCUT2D eigenvalue weighted by Crippen LogP contribution is 2.46. The molecule has 7 aromatic carbocycles. The summed E-state index contributed by atoms with van der Waals surface area (Å²) in [6.45, 7) is 9.05. The molecule has 1 heterocycles. The van der Waals surface area contributed by atoms with E-state index in [-0.39, 0.29) is 0 Å². The van der Waals surface area contributed by atoms with Crippen molar-refractivity contribution in [2.45, 2.75) is 105 Å². The Morgan fingerprint density at radius 1 is 0.311 bits per heavy atom. The Labute approximate surface area is 369 Å². The van der Waals surface area contributed by atoms with Crippen LogP contribution < -0.4 is 0 Å². The largest absolute Gasteiger partial charge is 0.172 e. The first-order valence-corrected chi connectivity index (χ1v) is 23.7. The molecule has 0 bridgehead atoms. The molecule has 0 radical (unpaired) electrons. The number of hydrogen-bond donors (Lipinski definition) is 0. The average Bonchev–Trinajstić information content (AvgIpc) is 3.82. The Morgan fingerprint density at radius 2 is 0.607 bits per heavy atom. The number of hydrogen-bond acceptors (Lipinski definition) is 3. The summed E-state index contributed by atoms with van der Waals surface area (Å²) in [6, 6.07) is 55.3. The summed E-state index contributed by atoms with van der Waals surface area (Å²) in [4.78, 5) is 0. The summed E-state index contributed by atoms with van der Waals surface area (Å²) < 4.78 is 10.2. The van der Waals surface area contributed by atoms with Gasteiger partial charge in [-0.3, -0.25) is 0 Å². The van der Waals surface area contributed by atoms with E-state index in [1.54, 1.807) is 0 Å². The van der Waals surface area contributed by atoms with Crippen LogP contribution in [0.1, 0.15) is 101 Å². The van der Waals surface area contributed by atoms with E-state index < -0.39 is 0 Å². The molecule has 0 saturated carbocycles. The Balaban J connectivity index is 1.28. The molecule has 0 atom stereocenters. The van der Waals surface area contributed by atoms with E-state index in [0.717, 1.165) is 47.8 Å². The molecule has 0 amide bonds. The fourth-order valence-corrected chi connectivity index (χ4v) is 9.43. The second-order valence-electron chi connectivity index (χ2n) is 16.8. The first-order valence-electron chi connectivity index (χ1n) is 23.0. The second kappa shape index (κ2) is 20.3. The second-order valence-corrected chi connectivity index (χ2v) is 17.3. The van der Waals surface area contributed by atoms with Crippen LogP contribution in [-0.2, 0) is 25.7 Å². The molecule has 8 rings (SSSR count). The van der Waals surface area contributed by atoms with Gasteiger partial charge in [-0.25, -0.2) is 0 Å². The number of unbranched alkanes of at least 4 members (excludes halogenated alkanes) is 4. The van der Waals surface area contributed by atoms with Crippen LogP contribution in [0.4, 0.5) is 0 Å². The minimum Gasteiger partial charge on any atom is -0.172 e. The molecule has 0 N–H and O–H groups in total. The van der Waals surface area contributed by atoms with Gasteiger partial charge in [0.2, 0.25) is 0 Å². The van der Waals surface area contributed by atoms with Gasteiger partial charge in [-0.2, -0.15) is 8.75 Å². The number of rotatable bonds is 18. The van der Waals surface area contributed by atoms with Crippen molar-refractivity contribution in [3.8, 4) is 66.8 Å². The average molecular weight is 817 g/mol. The zero-order chi connectivity index (χ0) is 42.0. The molecule has 0 unspecified atom stereocenters. The Morgan fingerprint density at radius 3 is 0.918 bits per heavy atom. The molecule has 0 saturated heterocycles. The van der Waals surface area contributed by atoms with Crippen molar-refractivity contribution in [3.05, 3.63) is 168 Å². The van der Waals surface area contributed by atoms with E-state index in [4.69, 9.17) is 8.75 Å². The van der Waals surface area contributed by atoms with E-state index in [1.807, 2.05) is 0 Å². The van der Waals surface area contributed by atoms with Gasteiger partial charge in [0.05, 0.1) is 11.7 Å². The highest BCUT2D eigenvalue weighted by molar-refractivity contribution is 7.00. The van der Waals surface area contributed by atoms with Gasteiger partial charge in [0.1, 0.15) is 11.0 Å². The lowest BCUT2D eigenvalue weighted by atomic mass is 9.84. The number of nitrogens with zero attached hydrogens (tertiary/aromatic N) is 2. The number of fused-ring (bicyclic) bond motifs is 1. The molecule has 61 heavy (non-hydrogen) atoms. The predicted octanol–water partition coefficient (Wildman–Crippen LogP) is 17.1. The van der Waals surface area contributed by atoms with E-state index in [1.165, 1.54) is 141 Å².